The van der Waals surface area contributed by atoms with Crippen LogP contribution in [0.15, 0.2) is 0 Å². The molecule has 4 nitrogen and oxygen atoms in total. The van der Waals surface area contributed by atoms with Gasteiger partial charge in [0.1, 0.15) is 0 Å². The number of amides is 2. The van der Waals surface area contributed by atoms with Crippen molar-refractivity contribution in [3.05, 3.63) is 0 Å². The molecule has 2 aliphatic rings. The number of thiocarbonyl (C=S) groups is 1. The third-order valence-corrected chi connectivity index (χ3v) is 3.80. The van der Waals surface area contributed by atoms with Crippen molar-refractivity contribution in [2.45, 2.75) is 50.6 Å². The first-order chi connectivity index (χ1) is 7.68. The topological polar surface area (TPSA) is 58.4 Å². The zero-order valence-electron chi connectivity index (χ0n) is 9.45. The highest BCUT2D eigenvalue weighted by Gasteiger charge is 2.31. The van der Waals surface area contributed by atoms with Crippen LogP contribution in [-0.4, -0.2) is 34.5 Å². The van der Waals surface area contributed by atoms with Gasteiger partial charge in [-0.1, -0.05) is 25.1 Å². The van der Waals surface area contributed by atoms with Gasteiger partial charge in [0.15, 0.2) is 0 Å². The first-order valence-corrected chi connectivity index (χ1v) is 6.46. The molecule has 0 spiro atoms. The highest BCUT2D eigenvalue weighted by Crippen LogP contribution is 2.21. The summed E-state index contributed by atoms with van der Waals surface area (Å²) >= 11 is 4.99. The minimum Gasteiger partial charge on any atom is -0.392 e. The van der Waals surface area contributed by atoms with Gasteiger partial charge in [-0.15, -0.1) is 0 Å². The molecule has 1 atom stereocenters. The van der Waals surface area contributed by atoms with E-state index in [0.717, 1.165) is 32.2 Å². The summed E-state index contributed by atoms with van der Waals surface area (Å²) in [5.41, 5.74) is 5.64. The monoisotopic (exact) mass is 241 g/mol. The third-order valence-electron chi connectivity index (χ3n) is 3.52. The quantitative estimate of drug-likeness (QED) is 0.718. The smallest absolute Gasteiger partial charge is 0.318 e. The Labute approximate surface area is 102 Å². The largest absolute Gasteiger partial charge is 0.392 e. The van der Waals surface area contributed by atoms with E-state index < -0.39 is 0 Å². The fourth-order valence-electron chi connectivity index (χ4n) is 2.63. The summed E-state index contributed by atoms with van der Waals surface area (Å²) in [6.45, 7) is 0.778. The maximum atomic E-state index is 12.0. The minimum atomic E-state index is -0.0311. The fourth-order valence-corrected chi connectivity index (χ4v) is 2.88. The maximum Gasteiger partial charge on any atom is 0.318 e. The fraction of sp³-hybridized carbons (Fsp3) is 0.818. The van der Waals surface area contributed by atoms with E-state index in [0.29, 0.717) is 11.0 Å². The van der Waals surface area contributed by atoms with E-state index in [1.807, 2.05) is 0 Å². The molecule has 90 valence electrons. The first kappa shape index (κ1) is 11.6. The van der Waals surface area contributed by atoms with Crippen molar-refractivity contribution in [3.8, 4) is 0 Å². The molecule has 5 heteroatoms. The molecule has 2 amide bonds. The molecule has 0 aromatic rings. The predicted octanol–water partition coefficient (Wildman–Crippen LogP) is 1.39. The molecule has 1 aliphatic carbocycles. The van der Waals surface area contributed by atoms with Crippen LogP contribution in [0.3, 0.4) is 0 Å². The van der Waals surface area contributed by atoms with E-state index in [2.05, 4.69) is 5.32 Å². The van der Waals surface area contributed by atoms with Crippen molar-refractivity contribution in [1.29, 1.82) is 0 Å². The Balaban J connectivity index is 1.90. The van der Waals surface area contributed by atoms with Crippen LogP contribution < -0.4 is 11.1 Å². The van der Waals surface area contributed by atoms with E-state index in [1.54, 1.807) is 4.90 Å². The van der Waals surface area contributed by atoms with E-state index in [1.165, 1.54) is 12.8 Å². The number of nitrogens with two attached hydrogens (primary N) is 1. The van der Waals surface area contributed by atoms with Gasteiger partial charge in [-0.05, 0) is 25.7 Å². The number of hydrogen-bond donors (Lipinski definition) is 2. The van der Waals surface area contributed by atoms with E-state index in [9.17, 15) is 4.79 Å². The van der Waals surface area contributed by atoms with Crippen molar-refractivity contribution in [2.75, 3.05) is 6.54 Å². The Morgan fingerprint density at radius 2 is 1.94 bits per heavy atom. The summed E-state index contributed by atoms with van der Waals surface area (Å²) < 4.78 is 0. The van der Waals surface area contributed by atoms with Gasteiger partial charge in [0.25, 0.3) is 0 Å². The average Bonchev–Trinajstić information content (AvgIpc) is 2.86. The van der Waals surface area contributed by atoms with Crippen molar-refractivity contribution in [1.82, 2.24) is 10.2 Å². The standard InChI is InChI=1S/C11H19N3OS/c12-10(16)9-6-3-7-14(9)11(15)13-8-4-1-2-5-8/h8-9H,1-7H2,(H2,12,16)(H,13,15). The molecule has 3 N–H and O–H groups in total. The van der Waals surface area contributed by atoms with E-state index in [-0.39, 0.29) is 12.1 Å². The molecule has 0 radical (unpaired) electrons. The first-order valence-electron chi connectivity index (χ1n) is 6.05. The summed E-state index contributed by atoms with van der Waals surface area (Å²) in [4.78, 5) is 14.3. The van der Waals surface area contributed by atoms with Crippen molar-refractivity contribution < 1.29 is 4.79 Å². The summed E-state index contributed by atoms with van der Waals surface area (Å²) in [5, 5.41) is 3.08. The lowest BCUT2D eigenvalue weighted by molar-refractivity contribution is 0.199. The summed E-state index contributed by atoms with van der Waals surface area (Å²) in [6.07, 6.45) is 6.58. The molecule has 2 rings (SSSR count). The predicted molar refractivity (Wildman–Crippen MR) is 67.3 cm³/mol. The molecule has 1 aliphatic heterocycles. The zero-order chi connectivity index (χ0) is 11.5. The SMILES string of the molecule is NC(=S)C1CCCN1C(=O)NC1CCCC1. The van der Waals surface area contributed by atoms with Crippen LogP contribution in [0, 0.1) is 0 Å². The van der Waals surface area contributed by atoms with Crippen LogP contribution in [-0.2, 0) is 0 Å². The van der Waals surface area contributed by atoms with Crippen LogP contribution in [0.2, 0.25) is 0 Å². The number of rotatable bonds is 2. The number of carbonyl (C=O) groups is 1. The molecule has 2 fully saturated rings. The molecule has 0 aromatic carbocycles. The van der Waals surface area contributed by atoms with Crippen molar-refractivity contribution in [3.63, 3.8) is 0 Å². The number of nitrogens with zero attached hydrogens (tertiary/aromatic N) is 1. The maximum absolute atomic E-state index is 12.0. The number of likely N-dealkylation sites (tertiary alicyclic amines) is 1. The lowest BCUT2D eigenvalue weighted by Gasteiger charge is -2.25. The molecule has 16 heavy (non-hydrogen) atoms. The van der Waals surface area contributed by atoms with Crippen LogP contribution in [0.5, 0.6) is 0 Å². The van der Waals surface area contributed by atoms with Gasteiger partial charge in [0, 0.05) is 12.6 Å². The molecular weight excluding hydrogens is 222 g/mol. The van der Waals surface area contributed by atoms with Gasteiger partial charge in [0.05, 0.1) is 11.0 Å². The highest BCUT2D eigenvalue weighted by atomic mass is 32.1. The number of nitrogens with one attached hydrogen (secondary N) is 1. The second-order valence-corrected chi connectivity index (χ2v) is 5.16. The van der Waals surface area contributed by atoms with Crippen molar-refractivity contribution >= 4 is 23.2 Å². The molecule has 0 aromatic heterocycles. The Hall–Kier alpha value is -0.840. The van der Waals surface area contributed by atoms with Crippen LogP contribution >= 0.6 is 12.2 Å². The summed E-state index contributed by atoms with van der Waals surface area (Å²) in [6, 6.07) is 0.346. The third kappa shape index (κ3) is 2.45. The zero-order valence-corrected chi connectivity index (χ0v) is 10.3. The lowest BCUT2D eigenvalue weighted by atomic mass is 10.2. The lowest BCUT2D eigenvalue weighted by Crippen LogP contribution is -2.49. The van der Waals surface area contributed by atoms with Gasteiger partial charge < -0.3 is 16.0 Å². The number of carbonyl (C=O) groups excluding carboxylic acids is 1. The number of hydrogen-bond acceptors (Lipinski definition) is 2. The molecule has 1 heterocycles. The second-order valence-electron chi connectivity index (χ2n) is 4.68. The molecule has 0 bridgehead atoms. The molecular formula is C11H19N3OS. The Kier molecular flexibility index (Phi) is 3.63. The van der Waals surface area contributed by atoms with Gasteiger partial charge >= 0.3 is 6.03 Å². The molecule has 1 saturated carbocycles. The van der Waals surface area contributed by atoms with Gasteiger partial charge in [0.2, 0.25) is 0 Å². The van der Waals surface area contributed by atoms with Gasteiger partial charge in [-0.2, -0.15) is 0 Å². The van der Waals surface area contributed by atoms with E-state index in [4.69, 9.17) is 18.0 Å². The van der Waals surface area contributed by atoms with Gasteiger partial charge in [-0.3, -0.25) is 0 Å². The number of urea groups is 1. The Morgan fingerprint density at radius 1 is 1.25 bits per heavy atom. The Bertz CT molecular complexity index is 289. The minimum absolute atomic E-state index is 0.0159. The normalized spacial score (nSPS) is 26.0. The van der Waals surface area contributed by atoms with E-state index >= 15 is 0 Å². The molecule has 1 saturated heterocycles. The van der Waals surface area contributed by atoms with Gasteiger partial charge in [-0.25, -0.2) is 4.79 Å². The Morgan fingerprint density at radius 3 is 2.56 bits per heavy atom. The molecule has 1 unspecified atom stereocenters. The highest BCUT2D eigenvalue weighted by molar-refractivity contribution is 7.80. The van der Waals surface area contributed by atoms with Crippen LogP contribution in [0.4, 0.5) is 4.79 Å². The van der Waals surface area contributed by atoms with Crippen molar-refractivity contribution in [2.24, 2.45) is 5.73 Å². The van der Waals surface area contributed by atoms with Crippen LogP contribution in [0.25, 0.3) is 0 Å². The van der Waals surface area contributed by atoms with Crippen LogP contribution in [0.1, 0.15) is 38.5 Å². The summed E-state index contributed by atoms with van der Waals surface area (Å²) in [5.74, 6) is 0. The average molecular weight is 241 g/mol. The second kappa shape index (κ2) is 4.99. The summed E-state index contributed by atoms with van der Waals surface area (Å²) in [7, 11) is 0.